The summed E-state index contributed by atoms with van der Waals surface area (Å²) < 4.78 is 2.10. The Balaban J connectivity index is 3.06. The molecule has 0 aliphatic rings. The summed E-state index contributed by atoms with van der Waals surface area (Å²) in [5.74, 6) is 0. The largest absolute Gasteiger partial charge is 0.206 e. The smallest absolute Gasteiger partial charge is 0.204 e. The summed E-state index contributed by atoms with van der Waals surface area (Å²) in [5, 5.41) is 0. The van der Waals surface area contributed by atoms with E-state index in [4.69, 9.17) is 0 Å². The standard InChI is InChI=1S/C10H14N/c1-4-11(3)10-7-5-6-9(2)8-10/h4-8H,1-3H3/q+1. The second-order valence-electron chi connectivity index (χ2n) is 2.71. The molecule has 0 heterocycles. The van der Waals surface area contributed by atoms with Gasteiger partial charge in [-0.1, -0.05) is 12.1 Å². The Bertz CT molecular complexity index is 274. The highest BCUT2D eigenvalue weighted by atomic mass is 15.0. The lowest BCUT2D eigenvalue weighted by molar-refractivity contribution is -0.400. The van der Waals surface area contributed by atoms with Gasteiger partial charge in [0, 0.05) is 19.1 Å². The van der Waals surface area contributed by atoms with Gasteiger partial charge in [0.1, 0.15) is 13.3 Å². The van der Waals surface area contributed by atoms with Crippen molar-refractivity contribution >= 4 is 11.9 Å². The van der Waals surface area contributed by atoms with E-state index < -0.39 is 0 Å². The Labute approximate surface area is 68.0 Å². The quantitative estimate of drug-likeness (QED) is 0.425. The van der Waals surface area contributed by atoms with Crippen LogP contribution in [0, 0.1) is 6.92 Å². The highest BCUT2D eigenvalue weighted by molar-refractivity contribution is 5.50. The average Bonchev–Trinajstić information content (AvgIpc) is 2.03. The van der Waals surface area contributed by atoms with Crippen molar-refractivity contribution in [1.82, 2.24) is 0 Å². The van der Waals surface area contributed by atoms with Gasteiger partial charge in [0.15, 0.2) is 0 Å². The molecule has 1 aromatic rings. The van der Waals surface area contributed by atoms with Crippen molar-refractivity contribution < 1.29 is 4.58 Å². The van der Waals surface area contributed by atoms with Gasteiger partial charge >= 0.3 is 0 Å². The van der Waals surface area contributed by atoms with E-state index in [9.17, 15) is 0 Å². The molecule has 0 N–H and O–H groups in total. The van der Waals surface area contributed by atoms with E-state index in [1.807, 2.05) is 6.92 Å². The van der Waals surface area contributed by atoms with Gasteiger partial charge < -0.3 is 0 Å². The molecule has 0 aliphatic heterocycles. The second-order valence-corrected chi connectivity index (χ2v) is 2.71. The third-order valence-corrected chi connectivity index (χ3v) is 1.80. The van der Waals surface area contributed by atoms with Crippen LogP contribution in [0.4, 0.5) is 5.69 Å². The molecule has 58 valence electrons. The minimum Gasteiger partial charge on any atom is -0.206 e. The predicted molar refractivity (Wildman–Crippen MR) is 48.8 cm³/mol. The van der Waals surface area contributed by atoms with Crippen LogP contribution in [-0.2, 0) is 0 Å². The molecule has 0 bridgehead atoms. The van der Waals surface area contributed by atoms with Crippen molar-refractivity contribution in [3.05, 3.63) is 29.8 Å². The van der Waals surface area contributed by atoms with E-state index in [1.165, 1.54) is 11.3 Å². The predicted octanol–water partition coefficient (Wildman–Crippen LogP) is 2.36. The van der Waals surface area contributed by atoms with Gasteiger partial charge in [0.25, 0.3) is 0 Å². The van der Waals surface area contributed by atoms with Gasteiger partial charge in [0.2, 0.25) is 5.69 Å². The zero-order chi connectivity index (χ0) is 8.27. The first-order chi connectivity index (χ1) is 5.24. The fourth-order valence-corrected chi connectivity index (χ4v) is 0.996. The van der Waals surface area contributed by atoms with Gasteiger partial charge in [0.05, 0.1) is 0 Å². The molecule has 1 heteroatoms. The van der Waals surface area contributed by atoms with Gasteiger partial charge in [-0.15, -0.1) is 0 Å². The lowest BCUT2D eigenvalue weighted by atomic mass is 10.2. The maximum Gasteiger partial charge on any atom is 0.204 e. The zero-order valence-corrected chi connectivity index (χ0v) is 7.33. The van der Waals surface area contributed by atoms with Gasteiger partial charge in [-0.05, 0) is 12.5 Å². The van der Waals surface area contributed by atoms with E-state index in [-0.39, 0.29) is 0 Å². The fourth-order valence-electron chi connectivity index (χ4n) is 0.996. The minimum atomic E-state index is 1.24. The van der Waals surface area contributed by atoms with Crippen molar-refractivity contribution in [3.8, 4) is 0 Å². The van der Waals surface area contributed by atoms with Crippen LogP contribution >= 0.6 is 0 Å². The number of hydrogen-bond acceptors (Lipinski definition) is 0. The monoisotopic (exact) mass is 148 g/mol. The highest BCUT2D eigenvalue weighted by Gasteiger charge is 1.99. The molecular weight excluding hydrogens is 134 g/mol. The molecule has 0 unspecified atom stereocenters. The van der Waals surface area contributed by atoms with Gasteiger partial charge in [-0.3, -0.25) is 0 Å². The van der Waals surface area contributed by atoms with Crippen LogP contribution in [0.5, 0.6) is 0 Å². The Morgan fingerprint density at radius 1 is 1.36 bits per heavy atom. The molecule has 0 amide bonds. The molecule has 0 aromatic heterocycles. The summed E-state index contributed by atoms with van der Waals surface area (Å²) in [4.78, 5) is 0. The second kappa shape index (κ2) is 3.33. The number of hydrogen-bond donors (Lipinski definition) is 0. The third kappa shape index (κ3) is 1.90. The number of benzene rings is 1. The Morgan fingerprint density at radius 3 is 2.64 bits per heavy atom. The molecule has 1 aromatic carbocycles. The lowest BCUT2D eigenvalue weighted by Crippen LogP contribution is -1.96. The van der Waals surface area contributed by atoms with E-state index in [0.717, 1.165) is 0 Å². The molecule has 1 rings (SSSR count). The fraction of sp³-hybridized carbons (Fsp3) is 0.300. The average molecular weight is 148 g/mol. The topological polar surface area (TPSA) is 3.01 Å². The Kier molecular flexibility index (Phi) is 2.42. The highest BCUT2D eigenvalue weighted by Crippen LogP contribution is 2.10. The zero-order valence-electron chi connectivity index (χ0n) is 7.33. The van der Waals surface area contributed by atoms with Crippen molar-refractivity contribution in [1.29, 1.82) is 0 Å². The molecular formula is C10H14N+. The van der Waals surface area contributed by atoms with E-state index >= 15 is 0 Å². The van der Waals surface area contributed by atoms with Crippen molar-refractivity contribution in [2.45, 2.75) is 13.8 Å². The van der Waals surface area contributed by atoms with Gasteiger partial charge in [-0.25, -0.2) is 4.58 Å². The van der Waals surface area contributed by atoms with Crippen molar-refractivity contribution in [2.75, 3.05) is 7.05 Å². The summed E-state index contributed by atoms with van der Waals surface area (Å²) in [5.41, 5.74) is 2.55. The summed E-state index contributed by atoms with van der Waals surface area (Å²) in [6.07, 6.45) is 2.05. The molecule has 1 nitrogen and oxygen atoms in total. The molecule has 0 saturated carbocycles. The molecule has 0 fully saturated rings. The van der Waals surface area contributed by atoms with E-state index in [0.29, 0.717) is 0 Å². The number of nitrogens with zero attached hydrogens (tertiary/aromatic N) is 1. The van der Waals surface area contributed by atoms with Crippen LogP contribution < -0.4 is 0 Å². The Morgan fingerprint density at radius 2 is 2.09 bits per heavy atom. The first-order valence-corrected chi connectivity index (χ1v) is 3.83. The van der Waals surface area contributed by atoms with Crippen LogP contribution in [0.2, 0.25) is 0 Å². The van der Waals surface area contributed by atoms with Crippen LogP contribution in [0.15, 0.2) is 24.3 Å². The maximum absolute atomic E-state index is 2.17. The Hall–Kier alpha value is -1.11. The van der Waals surface area contributed by atoms with E-state index in [1.54, 1.807) is 0 Å². The van der Waals surface area contributed by atoms with Crippen molar-refractivity contribution in [3.63, 3.8) is 0 Å². The normalized spacial score (nSPS) is 11.7. The number of rotatable bonds is 1. The molecule has 0 saturated heterocycles. The van der Waals surface area contributed by atoms with Crippen LogP contribution in [-0.4, -0.2) is 17.8 Å². The molecule has 11 heavy (non-hydrogen) atoms. The maximum atomic E-state index is 2.17. The van der Waals surface area contributed by atoms with Crippen molar-refractivity contribution in [2.24, 2.45) is 0 Å². The summed E-state index contributed by atoms with van der Waals surface area (Å²) in [6, 6.07) is 8.45. The summed E-state index contributed by atoms with van der Waals surface area (Å²) >= 11 is 0. The minimum absolute atomic E-state index is 1.24. The molecule has 0 atom stereocenters. The lowest BCUT2D eigenvalue weighted by Gasteiger charge is -1.95. The van der Waals surface area contributed by atoms with E-state index in [2.05, 4.69) is 49.0 Å². The first kappa shape index (κ1) is 7.99. The molecule has 0 radical (unpaired) electrons. The molecule has 0 aliphatic carbocycles. The summed E-state index contributed by atoms with van der Waals surface area (Å²) in [6.45, 7) is 4.13. The van der Waals surface area contributed by atoms with Crippen LogP contribution in [0.1, 0.15) is 12.5 Å². The number of aryl methyl sites for hydroxylation is 1. The SMILES string of the molecule is CC=[N+](C)c1cccc(C)c1. The van der Waals surface area contributed by atoms with Crippen LogP contribution in [0.25, 0.3) is 0 Å². The first-order valence-electron chi connectivity index (χ1n) is 3.83. The third-order valence-electron chi connectivity index (χ3n) is 1.80. The van der Waals surface area contributed by atoms with Crippen LogP contribution in [0.3, 0.4) is 0 Å². The van der Waals surface area contributed by atoms with Gasteiger partial charge in [-0.2, -0.15) is 0 Å². The summed E-state index contributed by atoms with van der Waals surface area (Å²) in [7, 11) is 2.05. The molecule has 0 spiro atoms.